The predicted octanol–water partition coefficient (Wildman–Crippen LogP) is 2.44. The summed E-state index contributed by atoms with van der Waals surface area (Å²) in [6, 6.07) is 0.0625. The van der Waals surface area contributed by atoms with Gasteiger partial charge in [-0.2, -0.15) is 0 Å². The minimum absolute atomic E-state index is 0.0272. The van der Waals surface area contributed by atoms with E-state index in [1.807, 2.05) is 38.1 Å². The highest BCUT2D eigenvalue weighted by atomic mass is 16.2. The van der Waals surface area contributed by atoms with E-state index < -0.39 is 0 Å². The van der Waals surface area contributed by atoms with Crippen LogP contribution in [0.5, 0.6) is 0 Å². The fourth-order valence-electron chi connectivity index (χ4n) is 2.11. The van der Waals surface area contributed by atoms with Gasteiger partial charge in [0.05, 0.1) is 0 Å². The van der Waals surface area contributed by atoms with E-state index in [1.165, 1.54) is 0 Å². The van der Waals surface area contributed by atoms with Crippen molar-refractivity contribution in [2.24, 2.45) is 0 Å². The summed E-state index contributed by atoms with van der Waals surface area (Å²) in [5, 5.41) is 5.79. The van der Waals surface area contributed by atoms with Crippen molar-refractivity contribution >= 4 is 6.03 Å². The van der Waals surface area contributed by atoms with E-state index in [9.17, 15) is 4.79 Å². The SMILES string of the molecule is C=C1NC=CN1C(C)(C)C.CC(C)(C)N1CCNC1=O. The normalized spacial score (nSPS) is 18.7. The molecule has 2 heterocycles. The molecule has 114 valence electrons. The Labute approximate surface area is 122 Å². The van der Waals surface area contributed by atoms with Gasteiger partial charge < -0.3 is 20.4 Å². The Morgan fingerprint density at radius 3 is 1.95 bits per heavy atom. The summed E-state index contributed by atoms with van der Waals surface area (Å²) in [6.07, 6.45) is 3.90. The van der Waals surface area contributed by atoms with Gasteiger partial charge in [0.1, 0.15) is 5.82 Å². The van der Waals surface area contributed by atoms with Crippen LogP contribution in [0.2, 0.25) is 0 Å². The lowest BCUT2D eigenvalue weighted by molar-refractivity contribution is 0.171. The Hall–Kier alpha value is -1.65. The van der Waals surface area contributed by atoms with E-state index in [-0.39, 0.29) is 17.1 Å². The molecule has 2 rings (SSSR count). The third-order valence-electron chi connectivity index (χ3n) is 3.15. The van der Waals surface area contributed by atoms with Gasteiger partial charge in [-0.3, -0.25) is 0 Å². The summed E-state index contributed by atoms with van der Waals surface area (Å²) >= 11 is 0. The first-order valence-electron chi connectivity index (χ1n) is 7.00. The van der Waals surface area contributed by atoms with Gasteiger partial charge in [-0.25, -0.2) is 4.79 Å². The molecule has 1 saturated heterocycles. The zero-order valence-corrected chi connectivity index (χ0v) is 13.6. The lowest BCUT2D eigenvalue weighted by atomic mass is 10.1. The number of hydrogen-bond acceptors (Lipinski definition) is 3. The van der Waals surface area contributed by atoms with Crippen molar-refractivity contribution in [1.29, 1.82) is 0 Å². The van der Waals surface area contributed by atoms with Crippen LogP contribution < -0.4 is 10.6 Å². The maximum atomic E-state index is 11.0. The van der Waals surface area contributed by atoms with Crippen molar-refractivity contribution in [3.63, 3.8) is 0 Å². The molecule has 2 aliphatic heterocycles. The average molecular weight is 280 g/mol. The van der Waals surface area contributed by atoms with E-state index in [4.69, 9.17) is 0 Å². The molecule has 5 heteroatoms. The molecule has 0 aromatic rings. The van der Waals surface area contributed by atoms with Crippen molar-refractivity contribution < 1.29 is 4.79 Å². The highest BCUT2D eigenvalue weighted by molar-refractivity contribution is 5.76. The number of carbonyl (C=O) groups excluding carboxylic acids is 1. The second-order valence-electron chi connectivity index (χ2n) is 7.00. The van der Waals surface area contributed by atoms with Gasteiger partial charge in [0.25, 0.3) is 0 Å². The van der Waals surface area contributed by atoms with Gasteiger partial charge in [0, 0.05) is 36.6 Å². The van der Waals surface area contributed by atoms with Crippen molar-refractivity contribution in [3.05, 3.63) is 24.8 Å². The zero-order valence-electron chi connectivity index (χ0n) is 13.6. The number of rotatable bonds is 0. The van der Waals surface area contributed by atoms with E-state index in [0.29, 0.717) is 0 Å². The fraction of sp³-hybridized carbons (Fsp3) is 0.667. The number of amides is 2. The van der Waals surface area contributed by atoms with Gasteiger partial charge in [0.15, 0.2) is 0 Å². The summed E-state index contributed by atoms with van der Waals surface area (Å²) in [5.74, 6) is 0.951. The van der Waals surface area contributed by atoms with Crippen LogP contribution in [-0.4, -0.2) is 40.0 Å². The van der Waals surface area contributed by atoms with Gasteiger partial charge in [-0.15, -0.1) is 0 Å². The third-order valence-corrected chi connectivity index (χ3v) is 3.15. The number of nitrogens with one attached hydrogen (secondary N) is 2. The van der Waals surface area contributed by atoms with E-state index in [2.05, 4.69) is 42.9 Å². The summed E-state index contributed by atoms with van der Waals surface area (Å²) in [5.41, 5.74) is 0.109. The minimum atomic E-state index is -0.0272. The monoisotopic (exact) mass is 280 g/mol. The lowest BCUT2D eigenvalue weighted by Crippen LogP contribution is -2.43. The van der Waals surface area contributed by atoms with E-state index in [0.717, 1.165) is 18.9 Å². The molecule has 0 saturated carbocycles. The Morgan fingerprint density at radius 2 is 1.75 bits per heavy atom. The lowest BCUT2D eigenvalue weighted by Gasteiger charge is -2.31. The van der Waals surface area contributed by atoms with Crippen LogP contribution in [0.15, 0.2) is 24.8 Å². The highest BCUT2D eigenvalue weighted by Crippen LogP contribution is 2.20. The van der Waals surface area contributed by atoms with Crippen LogP contribution in [0, 0.1) is 0 Å². The Kier molecular flexibility index (Phi) is 4.73. The topological polar surface area (TPSA) is 47.6 Å². The molecule has 0 aromatic heterocycles. The van der Waals surface area contributed by atoms with E-state index >= 15 is 0 Å². The first kappa shape index (κ1) is 16.4. The van der Waals surface area contributed by atoms with Crippen LogP contribution >= 0.6 is 0 Å². The standard InChI is InChI=1S/C8H14N2.C7H14N2O/c1-7-9-5-6-10(7)8(2,3)4;1-7(2,3)9-5-4-8-6(9)10/h5-6,9H,1H2,2-4H3;4-5H2,1-3H3,(H,8,10). The molecule has 2 aliphatic rings. The molecule has 0 spiro atoms. The molecule has 0 radical (unpaired) electrons. The molecular weight excluding hydrogens is 252 g/mol. The van der Waals surface area contributed by atoms with Gasteiger partial charge >= 0.3 is 6.03 Å². The Bertz CT molecular complexity index is 399. The Morgan fingerprint density at radius 1 is 1.15 bits per heavy atom. The minimum Gasteiger partial charge on any atom is -0.347 e. The highest BCUT2D eigenvalue weighted by Gasteiger charge is 2.29. The Balaban J connectivity index is 0.000000200. The van der Waals surface area contributed by atoms with Crippen molar-refractivity contribution in [2.45, 2.75) is 52.6 Å². The first-order valence-corrected chi connectivity index (χ1v) is 7.00. The zero-order chi connectivity index (χ0) is 15.6. The molecule has 2 N–H and O–H groups in total. The van der Waals surface area contributed by atoms with Crippen LogP contribution in [0.3, 0.4) is 0 Å². The first-order chi connectivity index (χ1) is 9.03. The second kappa shape index (κ2) is 5.77. The van der Waals surface area contributed by atoms with E-state index in [1.54, 1.807) is 0 Å². The molecule has 1 fully saturated rings. The summed E-state index contributed by atoms with van der Waals surface area (Å²) < 4.78 is 0. The van der Waals surface area contributed by atoms with Crippen LogP contribution in [-0.2, 0) is 0 Å². The van der Waals surface area contributed by atoms with Crippen molar-refractivity contribution in [1.82, 2.24) is 20.4 Å². The molecule has 20 heavy (non-hydrogen) atoms. The maximum Gasteiger partial charge on any atom is 0.317 e. The molecule has 5 nitrogen and oxygen atoms in total. The van der Waals surface area contributed by atoms with Crippen LogP contribution in [0.25, 0.3) is 0 Å². The summed E-state index contributed by atoms with van der Waals surface area (Å²) in [4.78, 5) is 15.0. The molecule has 2 amide bonds. The quantitative estimate of drug-likeness (QED) is 0.716. The van der Waals surface area contributed by atoms with Crippen molar-refractivity contribution in [3.8, 4) is 0 Å². The largest absolute Gasteiger partial charge is 0.347 e. The molecule has 0 bridgehead atoms. The van der Waals surface area contributed by atoms with Crippen LogP contribution in [0.1, 0.15) is 41.5 Å². The smallest absolute Gasteiger partial charge is 0.317 e. The summed E-state index contributed by atoms with van der Waals surface area (Å²) in [6.45, 7) is 18.0. The third kappa shape index (κ3) is 4.18. The van der Waals surface area contributed by atoms with Gasteiger partial charge in [-0.05, 0) is 41.5 Å². The molecule has 0 aromatic carbocycles. The maximum absolute atomic E-state index is 11.0. The number of hydrogen-bond donors (Lipinski definition) is 2. The van der Waals surface area contributed by atoms with Gasteiger partial charge in [-0.1, -0.05) is 6.58 Å². The number of urea groups is 1. The van der Waals surface area contributed by atoms with Gasteiger partial charge in [0.2, 0.25) is 0 Å². The van der Waals surface area contributed by atoms with Crippen molar-refractivity contribution in [2.75, 3.05) is 13.1 Å². The number of carbonyl (C=O) groups is 1. The molecule has 0 aliphatic carbocycles. The molecular formula is C15H28N4O. The molecule has 0 atom stereocenters. The predicted molar refractivity (Wildman–Crippen MR) is 82.9 cm³/mol. The fourth-order valence-corrected chi connectivity index (χ4v) is 2.11. The molecule has 0 unspecified atom stereocenters. The summed E-state index contributed by atoms with van der Waals surface area (Å²) in [7, 11) is 0. The van der Waals surface area contributed by atoms with Crippen LogP contribution in [0.4, 0.5) is 4.79 Å². The average Bonchev–Trinajstić information content (AvgIpc) is 2.85. The second-order valence-corrected chi connectivity index (χ2v) is 7.00. The number of nitrogens with zero attached hydrogens (tertiary/aromatic N) is 2.